The van der Waals surface area contributed by atoms with E-state index < -0.39 is 53.8 Å². The van der Waals surface area contributed by atoms with Gasteiger partial charge in [-0.2, -0.15) is 0 Å². The fourth-order valence-electron chi connectivity index (χ4n) is 4.33. The molecule has 41 heavy (non-hydrogen) atoms. The predicted octanol–water partition coefficient (Wildman–Crippen LogP) is -0.536. The summed E-state index contributed by atoms with van der Waals surface area (Å²) in [4.78, 5) is 72.2. The second-order valence-electron chi connectivity index (χ2n) is 10.1. The van der Waals surface area contributed by atoms with Crippen molar-refractivity contribution in [1.29, 1.82) is 0 Å². The molecule has 0 fully saturated rings. The number of amides is 4. The Kier molecular flexibility index (Phi) is 10.6. The monoisotopic (exact) mass is 568 g/mol. The van der Waals surface area contributed by atoms with Gasteiger partial charge in [0.15, 0.2) is 0 Å². The number of para-hydroxylation sites is 1. The van der Waals surface area contributed by atoms with Gasteiger partial charge in [0, 0.05) is 41.8 Å². The molecule has 3 rings (SSSR count). The van der Waals surface area contributed by atoms with Crippen molar-refractivity contribution in [2.45, 2.75) is 63.7 Å². The number of carboxylic acids is 1. The molecule has 2 heterocycles. The Bertz CT molecular complexity index is 1370. The van der Waals surface area contributed by atoms with Crippen molar-refractivity contribution in [1.82, 2.24) is 30.9 Å². The Labute approximate surface area is 236 Å². The number of benzene rings is 1. The van der Waals surface area contributed by atoms with Crippen LogP contribution in [0.15, 0.2) is 43.0 Å². The summed E-state index contributed by atoms with van der Waals surface area (Å²) in [6.45, 7) is 3.45. The van der Waals surface area contributed by atoms with Gasteiger partial charge in [-0.05, 0) is 30.4 Å². The number of H-pyrrole nitrogens is 2. The van der Waals surface area contributed by atoms with Gasteiger partial charge in [-0.1, -0.05) is 32.0 Å². The summed E-state index contributed by atoms with van der Waals surface area (Å²) in [7, 11) is 0. The van der Waals surface area contributed by atoms with Gasteiger partial charge in [0.2, 0.25) is 23.6 Å². The van der Waals surface area contributed by atoms with Crippen LogP contribution in [-0.2, 0) is 36.8 Å². The predicted molar refractivity (Wildman–Crippen MR) is 149 cm³/mol. The zero-order valence-corrected chi connectivity index (χ0v) is 22.8. The van der Waals surface area contributed by atoms with E-state index in [2.05, 4.69) is 30.9 Å². The highest BCUT2D eigenvalue weighted by Gasteiger charge is 2.32. The second-order valence-corrected chi connectivity index (χ2v) is 10.1. The van der Waals surface area contributed by atoms with E-state index in [9.17, 15) is 29.1 Å². The van der Waals surface area contributed by atoms with Crippen LogP contribution < -0.4 is 27.4 Å². The molecule has 4 unspecified atom stereocenters. The maximum Gasteiger partial charge on any atom is 0.326 e. The molecule has 10 N–H and O–H groups in total. The summed E-state index contributed by atoms with van der Waals surface area (Å²) in [6.07, 6.45) is 4.35. The number of hydrogen-bond donors (Lipinski definition) is 8. The second kappa shape index (κ2) is 14.1. The molecule has 4 atom stereocenters. The van der Waals surface area contributed by atoms with Crippen LogP contribution in [0.5, 0.6) is 0 Å². The Morgan fingerprint density at radius 1 is 0.951 bits per heavy atom. The number of aromatic nitrogens is 3. The van der Waals surface area contributed by atoms with Crippen molar-refractivity contribution in [3.8, 4) is 0 Å². The average Bonchev–Trinajstić information content (AvgIpc) is 3.58. The lowest BCUT2D eigenvalue weighted by molar-refractivity contribution is -0.142. The van der Waals surface area contributed by atoms with Crippen molar-refractivity contribution >= 4 is 40.5 Å². The fraction of sp³-hybridized carbons (Fsp3) is 0.407. The number of nitrogens with zero attached hydrogens (tertiary/aromatic N) is 1. The van der Waals surface area contributed by atoms with Gasteiger partial charge < -0.3 is 42.5 Å². The smallest absolute Gasteiger partial charge is 0.326 e. The zero-order valence-electron chi connectivity index (χ0n) is 22.8. The number of nitrogens with two attached hydrogens (primary N) is 2. The van der Waals surface area contributed by atoms with Gasteiger partial charge in [0.05, 0.1) is 12.4 Å². The molecule has 0 bridgehead atoms. The van der Waals surface area contributed by atoms with Crippen LogP contribution >= 0.6 is 0 Å². The third-order valence-corrected chi connectivity index (χ3v) is 6.60. The van der Waals surface area contributed by atoms with Crippen LogP contribution in [-0.4, -0.2) is 73.8 Å². The molecular formula is C27H36N8O6. The Morgan fingerprint density at radius 2 is 1.66 bits per heavy atom. The molecular weight excluding hydrogens is 532 g/mol. The molecule has 3 aromatic rings. The highest BCUT2D eigenvalue weighted by atomic mass is 16.4. The summed E-state index contributed by atoms with van der Waals surface area (Å²) in [5.41, 5.74) is 13.6. The van der Waals surface area contributed by atoms with Crippen molar-refractivity contribution in [2.24, 2.45) is 17.4 Å². The van der Waals surface area contributed by atoms with Crippen molar-refractivity contribution in [3.63, 3.8) is 0 Å². The molecule has 220 valence electrons. The number of hydrogen-bond acceptors (Lipinski definition) is 7. The molecule has 0 aliphatic heterocycles. The number of rotatable bonds is 15. The number of primary amides is 1. The van der Waals surface area contributed by atoms with E-state index in [0.29, 0.717) is 5.69 Å². The topological polar surface area (TPSA) is 238 Å². The van der Waals surface area contributed by atoms with Gasteiger partial charge in [-0.15, -0.1) is 0 Å². The first-order valence-electron chi connectivity index (χ1n) is 13.2. The van der Waals surface area contributed by atoms with Crippen LogP contribution in [0.1, 0.15) is 37.9 Å². The molecule has 1 aromatic carbocycles. The molecule has 0 radical (unpaired) electrons. The first-order valence-corrected chi connectivity index (χ1v) is 13.2. The minimum absolute atomic E-state index is 0.0431. The molecule has 14 nitrogen and oxygen atoms in total. The number of fused-ring (bicyclic) bond motifs is 1. The Balaban J connectivity index is 1.71. The van der Waals surface area contributed by atoms with Crippen LogP contribution in [0.4, 0.5) is 0 Å². The minimum atomic E-state index is -1.40. The number of carbonyl (C=O) groups is 5. The summed E-state index contributed by atoms with van der Waals surface area (Å²) in [5, 5.41) is 18.1. The summed E-state index contributed by atoms with van der Waals surface area (Å²) >= 11 is 0. The van der Waals surface area contributed by atoms with Crippen molar-refractivity contribution < 1.29 is 29.1 Å². The van der Waals surface area contributed by atoms with Crippen LogP contribution in [0.25, 0.3) is 10.9 Å². The minimum Gasteiger partial charge on any atom is -0.480 e. The lowest BCUT2D eigenvalue weighted by Gasteiger charge is -2.27. The van der Waals surface area contributed by atoms with E-state index >= 15 is 0 Å². The van der Waals surface area contributed by atoms with Gasteiger partial charge >= 0.3 is 5.97 Å². The number of aliphatic carboxylic acids is 1. The van der Waals surface area contributed by atoms with E-state index in [1.807, 2.05) is 24.3 Å². The third kappa shape index (κ3) is 8.63. The number of nitrogens with one attached hydrogen (secondary N) is 5. The van der Waals surface area contributed by atoms with Gasteiger partial charge in [0.25, 0.3) is 0 Å². The standard InChI is InChI=1S/C27H36N8O6/c1-14(2)23(35-24(37)18(28)9-15-11-31-19-6-4-3-5-17(15)19)26(39)34-21(10-16-12-30-13-32-16)25(38)33-20(27(40)41)7-8-22(29)36/h3-6,11-14,18,20-21,23,31H,7-10,28H2,1-2H3,(H2,29,36)(H,30,32)(H,33,38)(H,34,39)(H,35,37)(H,40,41). The average molecular weight is 569 g/mol. The highest BCUT2D eigenvalue weighted by molar-refractivity contribution is 5.94. The van der Waals surface area contributed by atoms with E-state index in [0.717, 1.165) is 16.5 Å². The molecule has 0 saturated heterocycles. The van der Waals surface area contributed by atoms with E-state index in [4.69, 9.17) is 11.5 Å². The van der Waals surface area contributed by atoms with Crippen LogP contribution in [0.2, 0.25) is 0 Å². The van der Waals surface area contributed by atoms with E-state index in [1.54, 1.807) is 20.0 Å². The SMILES string of the molecule is CC(C)C(NC(=O)C(N)Cc1c[nH]c2ccccc12)C(=O)NC(Cc1cnc[nH]1)C(=O)NC(CCC(N)=O)C(=O)O. The largest absolute Gasteiger partial charge is 0.480 e. The Hall–Kier alpha value is -4.72. The maximum atomic E-state index is 13.4. The van der Waals surface area contributed by atoms with Gasteiger partial charge in [-0.3, -0.25) is 19.2 Å². The van der Waals surface area contributed by atoms with Crippen LogP contribution in [0, 0.1) is 5.92 Å². The van der Waals surface area contributed by atoms with E-state index in [1.165, 1.54) is 12.5 Å². The van der Waals surface area contributed by atoms with E-state index in [-0.39, 0.29) is 31.6 Å². The maximum absolute atomic E-state index is 13.4. The number of carboxylic acid groups (broad SMARTS) is 1. The third-order valence-electron chi connectivity index (χ3n) is 6.60. The molecule has 2 aromatic heterocycles. The summed E-state index contributed by atoms with van der Waals surface area (Å²) in [5.74, 6) is -4.45. The highest BCUT2D eigenvalue weighted by Crippen LogP contribution is 2.19. The van der Waals surface area contributed by atoms with Crippen molar-refractivity contribution in [3.05, 3.63) is 54.2 Å². The van der Waals surface area contributed by atoms with Gasteiger partial charge in [-0.25, -0.2) is 9.78 Å². The lowest BCUT2D eigenvalue weighted by Crippen LogP contribution is -2.59. The molecule has 0 saturated carbocycles. The molecule has 0 spiro atoms. The lowest BCUT2D eigenvalue weighted by atomic mass is 10.00. The first-order chi connectivity index (χ1) is 19.5. The molecule has 4 amide bonds. The quantitative estimate of drug-likeness (QED) is 0.118. The molecule has 0 aliphatic rings. The van der Waals surface area contributed by atoms with Crippen molar-refractivity contribution in [2.75, 3.05) is 0 Å². The van der Waals surface area contributed by atoms with Crippen LogP contribution in [0.3, 0.4) is 0 Å². The molecule has 14 heteroatoms. The summed E-state index contributed by atoms with van der Waals surface area (Å²) in [6, 6.07) is 2.99. The number of imidazole rings is 1. The van der Waals surface area contributed by atoms with Gasteiger partial charge in [0.1, 0.15) is 18.1 Å². The number of carbonyl (C=O) groups excluding carboxylic acids is 4. The normalized spacial score (nSPS) is 14.1. The Morgan fingerprint density at radius 3 is 2.29 bits per heavy atom. The molecule has 0 aliphatic carbocycles. The first kappa shape index (κ1) is 30.8. The fourth-order valence-corrected chi connectivity index (χ4v) is 4.33. The number of aromatic amines is 2. The zero-order chi connectivity index (χ0) is 30.1. The summed E-state index contributed by atoms with van der Waals surface area (Å²) < 4.78 is 0.